The Morgan fingerprint density at radius 1 is 1.07 bits per heavy atom. The fraction of sp³-hybridized carbons (Fsp3) is 0.290. The lowest BCUT2D eigenvalue weighted by Crippen LogP contribution is -2.37. The van der Waals surface area contributed by atoms with Gasteiger partial charge in [0.25, 0.3) is 11.8 Å². The van der Waals surface area contributed by atoms with Gasteiger partial charge < -0.3 is 25.4 Å². The molecule has 0 saturated heterocycles. The molecule has 0 atom stereocenters. The van der Waals surface area contributed by atoms with Crippen LogP contribution < -0.4 is 16.0 Å². The standard InChI is InChI=1S/C31H30F3N7O2S/c1-16-5-6-19(29(42)38-22-10-20(31(32,33)34)11-23(12-22)41-13-17(2)36-18(41)3)9-25(16)39-30(43)24-14-44-27-26(24)35-15-40(4)28(27)37-21-7-8-21/h5-6,9-14,21,35H,7-8,15H2,1-4H3,(H,38,42)(H,39,43). The Hall–Kier alpha value is -4.65. The number of carbonyl (C=O) groups excluding carboxylic acids is 2. The summed E-state index contributed by atoms with van der Waals surface area (Å²) in [5.41, 5.74) is 2.43. The number of carbonyl (C=O) groups is 2. The monoisotopic (exact) mass is 621 g/mol. The van der Waals surface area contributed by atoms with Crippen LogP contribution in [0.3, 0.4) is 0 Å². The maximum Gasteiger partial charge on any atom is 0.416 e. The molecule has 4 aromatic rings. The highest BCUT2D eigenvalue weighted by molar-refractivity contribution is 7.13. The number of nitrogens with zero attached hydrogens (tertiary/aromatic N) is 4. The average Bonchev–Trinajstić information content (AvgIpc) is 3.57. The van der Waals surface area contributed by atoms with Crippen molar-refractivity contribution in [3.05, 3.63) is 86.6 Å². The number of fused-ring (bicyclic) bond motifs is 1. The number of hydrogen-bond donors (Lipinski definition) is 3. The Morgan fingerprint density at radius 3 is 2.52 bits per heavy atom. The van der Waals surface area contributed by atoms with Gasteiger partial charge in [0.1, 0.15) is 11.7 Å². The highest BCUT2D eigenvalue weighted by Crippen LogP contribution is 2.36. The Balaban J connectivity index is 1.24. The predicted octanol–water partition coefficient (Wildman–Crippen LogP) is 6.61. The van der Waals surface area contributed by atoms with E-state index in [4.69, 9.17) is 4.99 Å². The summed E-state index contributed by atoms with van der Waals surface area (Å²) in [5, 5.41) is 10.6. The van der Waals surface area contributed by atoms with Crippen molar-refractivity contribution in [2.24, 2.45) is 4.99 Å². The molecule has 2 aromatic carbocycles. The molecule has 44 heavy (non-hydrogen) atoms. The number of amides is 2. The van der Waals surface area contributed by atoms with Gasteiger partial charge in [-0.1, -0.05) is 6.07 Å². The molecule has 2 aliphatic rings. The number of nitrogens with one attached hydrogen (secondary N) is 3. The summed E-state index contributed by atoms with van der Waals surface area (Å²) in [7, 11) is 1.95. The second-order valence-electron chi connectivity index (χ2n) is 11.1. The van der Waals surface area contributed by atoms with E-state index in [0.717, 1.165) is 46.9 Å². The van der Waals surface area contributed by atoms with E-state index in [9.17, 15) is 22.8 Å². The lowest BCUT2D eigenvalue weighted by Gasteiger charge is -2.28. The predicted molar refractivity (Wildman–Crippen MR) is 165 cm³/mol. The zero-order chi connectivity index (χ0) is 31.3. The van der Waals surface area contributed by atoms with Crippen LogP contribution in [0.1, 0.15) is 61.1 Å². The van der Waals surface area contributed by atoms with Crippen LogP contribution in [0.15, 0.2) is 53.0 Å². The maximum atomic E-state index is 13.8. The first-order valence-electron chi connectivity index (χ1n) is 14.0. The van der Waals surface area contributed by atoms with Crippen LogP contribution in [0.25, 0.3) is 5.69 Å². The fourth-order valence-electron chi connectivity index (χ4n) is 5.00. The molecule has 2 aromatic heterocycles. The van der Waals surface area contributed by atoms with Crippen molar-refractivity contribution in [1.29, 1.82) is 0 Å². The molecule has 0 radical (unpaired) electrons. The van der Waals surface area contributed by atoms with Crippen molar-refractivity contribution in [1.82, 2.24) is 14.5 Å². The molecule has 6 rings (SSSR count). The third kappa shape index (κ3) is 5.91. The number of hydrogen-bond acceptors (Lipinski definition) is 6. The molecule has 3 N–H and O–H groups in total. The summed E-state index contributed by atoms with van der Waals surface area (Å²) in [6.07, 6.45) is -0.859. The SMILES string of the molecule is Cc1cn(-c2cc(NC(=O)c3ccc(C)c(NC(=O)c4csc5c4NCN(C)C5=NC4CC4)c3)cc(C(F)(F)F)c2)c(C)n1. The summed E-state index contributed by atoms with van der Waals surface area (Å²) in [6, 6.07) is 8.45. The number of alkyl halides is 3. The van der Waals surface area contributed by atoms with E-state index in [1.54, 1.807) is 44.5 Å². The number of imidazole rings is 1. The van der Waals surface area contributed by atoms with E-state index in [1.165, 1.54) is 28.0 Å². The Morgan fingerprint density at radius 2 is 1.84 bits per heavy atom. The smallest absolute Gasteiger partial charge is 0.366 e. The molecule has 3 heterocycles. The largest absolute Gasteiger partial charge is 0.416 e. The van der Waals surface area contributed by atoms with Crippen molar-refractivity contribution < 1.29 is 22.8 Å². The van der Waals surface area contributed by atoms with Gasteiger partial charge in [-0.05, 0) is 69.5 Å². The molecule has 1 saturated carbocycles. The Bertz CT molecular complexity index is 1820. The Labute approximate surface area is 255 Å². The summed E-state index contributed by atoms with van der Waals surface area (Å²) in [4.78, 5) is 38.7. The van der Waals surface area contributed by atoms with Crippen LogP contribution in [0.5, 0.6) is 0 Å². The minimum atomic E-state index is -4.63. The number of rotatable bonds is 6. The summed E-state index contributed by atoms with van der Waals surface area (Å²) < 4.78 is 42.9. The average molecular weight is 622 g/mol. The van der Waals surface area contributed by atoms with Crippen LogP contribution in [0, 0.1) is 20.8 Å². The molecule has 228 valence electrons. The van der Waals surface area contributed by atoms with Crippen LogP contribution in [-0.4, -0.2) is 51.9 Å². The van der Waals surface area contributed by atoms with E-state index in [1.807, 2.05) is 11.9 Å². The lowest BCUT2D eigenvalue weighted by molar-refractivity contribution is -0.137. The summed E-state index contributed by atoms with van der Waals surface area (Å²) >= 11 is 1.44. The van der Waals surface area contributed by atoms with Gasteiger partial charge in [0.15, 0.2) is 0 Å². The van der Waals surface area contributed by atoms with E-state index >= 15 is 0 Å². The number of aromatic nitrogens is 2. The molecule has 2 amide bonds. The maximum absolute atomic E-state index is 13.8. The van der Waals surface area contributed by atoms with Gasteiger partial charge in [-0.25, -0.2) is 4.98 Å². The molecule has 1 fully saturated rings. The zero-order valence-electron chi connectivity index (χ0n) is 24.5. The molecule has 0 bridgehead atoms. The van der Waals surface area contributed by atoms with E-state index in [0.29, 0.717) is 35.5 Å². The van der Waals surface area contributed by atoms with Crippen molar-refractivity contribution in [3.8, 4) is 5.69 Å². The number of thiophene rings is 1. The third-order valence-corrected chi connectivity index (χ3v) is 8.45. The first kappa shape index (κ1) is 29.4. The molecule has 9 nitrogen and oxygen atoms in total. The molecule has 1 aliphatic heterocycles. The minimum Gasteiger partial charge on any atom is -0.366 e. The number of benzene rings is 2. The number of halogens is 3. The van der Waals surface area contributed by atoms with E-state index < -0.39 is 17.6 Å². The molecule has 13 heteroatoms. The van der Waals surface area contributed by atoms with Gasteiger partial charge in [0, 0.05) is 41.3 Å². The van der Waals surface area contributed by atoms with Crippen molar-refractivity contribution >= 4 is 46.0 Å². The summed E-state index contributed by atoms with van der Waals surface area (Å²) in [6.45, 7) is 5.75. The van der Waals surface area contributed by atoms with Crippen molar-refractivity contribution in [3.63, 3.8) is 0 Å². The second-order valence-corrected chi connectivity index (χ2v) is 12.0. The van der Waals surface area contributed by atoms with E-state index in [2.05, 4.69) is 20.9 Å². The van der Waals surface area contributed by atoms with Crippen molar-refractivity contribution in [2.75, 3.05) is 29.7 Å². The zero-order valence-corrected chi connectivity index (χ0v) is 25.3. The molecular weight excluding hydrogens is 591 g/mol. The van der Waals surface area contributed by atoms with Crippen LogP contribution >= 0.6 is 11.3 Å². The van der Waals surface area contributed by atoms with Gasteiger partial charge in [-0.3, -0.25) is 14.6 Å². The highest BCUT2D eigenvalue weighted by Gasteiger charge is 2.32. The quantitative estimate of drug-likeness (QED) is 0.225. The van der Waals surface area contributed by atoms with Gasteiger partial charge >= 0.3 is 6.18 Å². The van der Waals surface area contributed by atoms with Crippen LogP contribution in [-0.2, 0) is 6.18 Å². The molecule has 0 unspecified atom stereocenters. The number of amidine groups is 1. The normalized spacial score (nSPS) is 15.6. The van der Waals surface area contributed by atoms with Gasteiger partial charge in [0.2, 0.25) is 0 Å². The first-order chi connectivity index (χ1) is 20.9. The third-order valence-electron chi connectivity index (χ3n) is 7.48. The number of aliphatic imine (C=N–C) groups is 1. The summed E-state index contributed by atoms with van der Waals surface area (Å²) in [5.74, 6) is 0.414. The van der Waals surface area contributed by atoms with Gasteiger partial charge in [-0.15, -0.1) is 11.3 Å². The second kappa shape index (κ2) is 11.1. The number of aryl methyl sites for hydroxylation is 3. The Kier molecular flexibility index (Phi) is 7.44. The molecular formula is C31H30F3N7O2S. The van der Waals surface area contributed by atoms with Gasteiger partial charge in [-0.2, -0.15) is 13.2 Å². The van der Waals surface area contributed by atoms with Crippen LogP contribution in [0.4, 0.5) is 30.2 Å². The fourth-order valence-corrected chi connectivity index (χ4v) is 6.08. The van der Waals surface area contributed by atoms with Crippen LogP contribution in [0.2, 0.25) is 0 Å². The number of anilines is 3. The van der Waals surface area contributed by atoms with Gasteiger partial charge in [0.05, 0.1) is 40.1 Å². The first-order valence-corrected chi connectivity index (χ1v) is 14.9. The minimum absolute atomic E-state index is 0.0265. The molecule has 1 aliphatic carbocycles. The molecule has 0 spiro atoms. The highest BCUT2D eigenvalue weighted by atomic mass is 32.1. The van der Waals surface area contributed by atoms with Crippen molar-refractivity contribution in [2.45, 2.75) is 45.8 Å². The van der Waals surface area contributed by atoms with E-state index in [-0.39, 0.29) is 22.8 Å². The topological polar surface area (TPSA) is 104 Å². The lowest BCUT2D eigenvalue weighted by atomic mass is 10.1.